The first kappa shape index (κ1) is 6.82. The van der Waals surface area contributed by atoms with Gasteiger partial charge >= 0.3 is 0 Å². The van der Waals surface area contributed by atoms with E-state index in [9.17, 15) is 4.39 Å². The van der Waals surface area contributed by atoms with Gasteiger partial charge in [-0.2, -0.15) is 0 Å². The Kier molecular flexibility index (Phi) is 3.89. The van der Waals surface area contributed by atoms with Crippen LogP contribution in [0, 0.1) is 0 Å². The first-order chi connectivity index (χ1) is 3.27. The van der Waals surface area contributed by atoms with Gasteiger partial charge < -0.3 is 5.73 Å². The van der Waals surface area contributed by atoms with Crippen LogP contribution in [0.15, 0.2) is 0 Å². The summed E-state index contributed by atoms with van der Waals surface area (Å²) >= 11 is 4.47. The maximum Gasteiger partial charge on any atom is 0.0898 e. The Bertz CT molecular complexity index is 64.7. The first-order valence-electron chi connectivity index (χ1n) is 2.11. The van der Waals surface area contributed by atoms with E-state index in [2.05, 4.69) is 12.2 Å². The van der Waals surface area contributed by atoms with Crippen molar-refractivity contribution in [1.82, 2.24) is 0 Å². The van der Waals surface area contributed by atoms with Crippen molar-refractivity contribution in [3.05, 3.63) is 0 Å². The normalized spacial score (nSPS) is 8.71. The van der Waals surface area contributed by atoms with E-state index in [0.717, 1.165) is 0 Å². The van der Waals surface area contributed by atoms with Gasteiger partial charge in [-0.05, 0) is 12.8 Å². The van der Waals surface area contributed by atoms with Crippen LogP contribution in [-0.4, -0.2) is 11.7 Å². The molecule has 0 atom stereocenters. The minimum absolute atomic E-state index is 0.322. The van der Waals surface area contributed by atoms with Gasteiger partial charge in [0.15, 0.2) is 0 Å². The molecule has 7 heavy (non-hydrogen) atoms. The predicted octanol–water partition coefficient (Wildman–Crippen LogP) is 1.02. The summed E-state index contributed by atoms with van der Waals surface area (Å²) in [7, 11) is 0. The lowest BCUT2D eigenvalue weighted by molar-refractivity contribution is 0.479. The summed E-state index contributed by atoms with van der Waals surface area (Å²) in [5, 5.41) is 0. The largest absolute Gasteiger partial charge is 0.393 e. The van der Waals surface area contributed by atoms with E-state index >= 15 is 0 Å². The molecule has 3 heteroatoms. The monoisotopic (exact) mass is 121 g/mol. The molecule has 0 fully saturated rings. The molecule has 0 aromatic heterocycles. The molecule has 0 aromatic rings. The fraction of sp³-hybridized carbons (Fsp3) is 0.750. The van der Waals surface area contributed by atoms with Crippen molar-refractivity contribution in [2.24, 2.45) is 5.73 Å². The van der Waals surface area contributed by atoms with Crippen molar-refractivity contribution >= 4 is 17.2 Å². The van der Waals surface area contributed by atoms with Crippen molar-refractivity contribution < 1.29 is 4.39 Å². The molecule has 0 bridgehead atoms. The molecule has 0 aliphatic heterocycles. The van der Waals surface area contributed by atoms with Gasteiger partial charge in [0, 0.05) is 0 Å². The van der Waals surface area contributed by atoms with Crippen LogP contribution in [0.25, 0.3) is 0 Å². The third-order valence-corrected chi connectivity index (χ3v) is 0.761. The Morgan fingerprint density at radius 3 is 2.43 bits per heavy atom. The summed E-state index contributed by atoms with van der Waals surface area (Å²) < 4.78 is 11.2. The van der Waals surface area contributed by atoms with Gasteiger partial charge in [0.2, 0.25) is 0 Å². The zero-order chi connectivity index (χ0) is 5.70. The number of hydrogen-bond donors (Lipinski definition) is 1. The van der Waals surface area contributed by atoms with Crippen LogP contribution in [0.5, 0.6) is 0 Å². The van der Waals surface area contributed by atoms with Crippen molar-refractivity contribution in [3.8, 4) is 0 Å². The smallest absolute Gasteiger partial charge is 0.0898 e. The quantitative estimate of drug-likeness (QED) is 0.564. The molecular weight excluding hydrogens is 113 g/mol. The van der Waals surface area contributed by atoms with Gasteiger partial charge in [0.25, 0.3) is 0 Å². The van der Waals surface area contributed by atoms with Gasteiger partial charge in [-0.25, -0.2) is 0 Å². The van der Waals surface area contributed by atoms with Crippen LogP contribution in [-0.2, 0) is 0 Å². The maximum atomic E-state index is 11.2. The minimum atomic E-state index is -0.322. The molecule has 1 nitrogen and oxygen atoms in total. The van der Waals surface area contributed by atoms with Crippen molar-refractivity contribution in [1.29, 1.82) is 0 Å². The predicted molar refractivity (Wildman–Crippen MR) is 32.0 cm³/mol. The number of halogens is 1. The van der Waals surface area contributed by atoms with Crippen LogP contribution in [0.4, 0.5) is 4.39 Å². The van der Waals surface area contributed by atoms with E-state index in [1.807, 2.05) is 0 Å². The Hall–Kier alpha value is -0.180. The maximum absolute atomic E-state index is 11.2. The molecule has 0 radical (unpaired) electrons. The Morgan fingerprint density at radius 1 is 1.71 bits per heavy atom. The van der Waals surface area contributed by atoms with Gasteiger partial charge in [0.1, 0.15) is 0 Å². The highest BCUT2D eigenvalue weighted by Crippen LogP contribution is 1.87. The highest BCUT2D eigenvalue weighted by atomic mass is 32.1. The van der Waals surface area contributed by atoms with Gasteiger partial charge in [0.05, 0.1) is 11.7 Å². The second-order valence-electron chi connectivity index (χ2n) is 1.26. The number of thiocarbonyl (C=S) groups is 1. The number of alkyl halides is 1. The fourth-order valence-corrected chi connectivity index (χ4v) is 0.385. The molecule has 0 heterocycles. The molecule has 0 aliphatic rings. The van der Waals surface area contributed by atoms with Gasteiger partial charge in [-0.15, -0.1) is 0 Å². The van der Waals surface area contributed by atoms with Gasteiger partial charge in [-0.1, -0.05) is 12.2 Å². The third-order valence-electron chi connectivity index (χ3n) is 0.557. The molecule has 0 spiro atoms. The number of rotatable bonds is 3. The van der Waals surface area contributed by atoms with Crippen molar-refractivity contribution in [2.75, 3.05) is 6.67 Å². The number of hydrogen-bond acceptors (Lipinski definition) is 1. The molecule has 0 aromatic carbocycles. The van der Waals surface area contributed by atoms with Crippen LogP contribution in [0.3, 0.4) is 0 Å². The molecule has 0 amide bonds. The molecule has 0 rings (SSSR count). The lowest BCUT2D eigenvalue weighted by Crippen LogP contribution is -2.06. The number of nitrogens with two attached hydrogens (primary N) is 1. The summed E-state index contributed by atoms with van der Waals surface area (Å²) in [6, 6.07) is 0. The van der Waals surface area contributed by atoms with Crippen molar-refractivity contribution in [3.63, 3.8) is 0 Å². The summed E-state index contributed by atoms with van der Waals surface area (Å²) in [6.07, 6.45) is 1.00. The van der Waals surface area contributed by atoms with E-state index in [0.29, 0.717) is 17.8 Å². The Balaban J connectivity index is 2.82. The molecule has 0 aliphatic carbocycles. The second kappa shape index (κ2) is 3.99. The van der Waals surface area contributed by atoms with Crippen molar-refractivity contribution in [2.45, 2.75) is 12.8 Å². The highest BCUT2D eigenvalue weighted by molar-refractivity contribution is 7.80. The lowest BCUT2D eigenvalue weighted by atomic mass is 10.3. The average Bonchev–Trinajstić information content (AvgIpc) is 1.61. The van der Waals surface area contributed by atoms with E-state index in [1.165, 1.54) is 0 Å². The molecule has 0 unspecified atom stereocenters. The molecule has 0 saturated carbocycles. The average molecular weight is 121 g/mol. The SMILES string of the molecule is NC(=S)CCCF. The van der Waals surface area contributed by atoms with Gasteiger partial charge in [-0.3, -0.25) is 4.39 Å². The molecular formula is C4H8FNS. The second-order valence-corrected chi connectivity index (χ2v) is 1.78. The van der Waals surface area contributed by atoms with E-state index in [-0.39, 0.29) is 6.67 Å². The molecule has 0 saturated heterocycles. The first-order valence-corrected chi connectivity index (χ1v) is 2.52. The molecule has 42 valence electrons. The zero-order valence-corrected chi connectivity index (χ0v) is 4.80. The topological polar surface area (TPSA) is 26.0 Å². The third kappa shape index (κ3) is 5.82. The summed E-state index contributed by atoms with van der Waals surface area (Å²) in [5.74, 6) is 0. The van der Waals surface area contributed by atoms with E-state index in [1.54, 1.807) is 0 Å². The summed E-state index contributed by atoms with van der Waals surface area (Å²) in [4.78, 5) is 0.401. The summed E-state index contributed by atoms with van der Waals surface area (Å²) in [6.45, 7) is -0.322. The van der Waals surface area contributed by atoms with E-state index in [4.69, 9.17) is 5.73 Å². The lowest BCUT2D eigenvalue weighted by Gasteiger charge is -1.88. The van der Waals surface area contributed by atoms with E-state index < -0.39 is 0 Å². The van der Waals surface area contributed by atoms with Crippen LogP contribution < -0.4 is 5.73 Å². The van der Waals surface area contributed by atoms with Crippen LogP contribution in [0.1, 0.15) is 12.8 Å². The summed E-state index contributed by atoms with van der Waals surface area (Å²) in [5.41, 5.74) is 5.04. The Morgan fingerprint density at radius 2 is 2.29 bits per heavy atom. The standard InChI is InChI=1S/C4H8FNS/c5-3-1-2-4(6)7/h1-3H2,(H2,6,7). The minimum Gasteiger partial charge on any atom is -0.393 e. The Labute approximate surface area is 47.7 Å². The highest BCUT2D eigenvalue weighted by Gasteiger charge is 1.85. The van der Waals surface area contributed by atoms with Crippen LogP contribution >= 0.6 is 12.2 Å². The fourth-order valence-electron chi connectivity index (χ4n) is 0.241. The van der Waals surface area contributed by atoms with Crippen LogP contribution in [0.2, 0.25) is 0 Å². The molecule has 2 N–H and O–H groups in total. The zero-order valence-electron chi connectivity index (χ0n) is 3.98.